The summed E-state index contributed by atoms with van der Waals surface area (Å²) in [6.45, 7) is 0. The third-order valence-corrected chi connectivity index (χ3v) is 4.43. The van der Waals surface area contributed by atoms with Crippen LogP contribution in [0.1, 0.15) is 23.2 Å². The maximum Gasteiger partial charge on any atom is 0.118 e. The largest absolute Gasteiger partial charge is 0.508 e. The van der Waals surface area contributed by atoms with Crippen molar-refractivity contribution in [3.63, 3.8) is 0 Å². The van der Waals surface area contributed by atoms with E-state index in [4.69, 9.17) is 57.9 Å². The number of rotatable bonds is 3. The second kappa shape index (κ2) is 6.71. The second-order valence-electron chi connectivity index (χ2n) is 4.70. The zero-order chi connectivity index (χ0) is 16.6. The smallest absolute Gasteiger partial charge is 0.118 e. The number of hydrogen-bond donors (Lipinski definition) is 4. The molecule has 4 nitrogen and oxygen atoms in total. The van der Waals surface area contributed by atoms with Gasteiger partial charge in [0.1, 0.15) is 11.5 Å². The molecule has 0 saturated heterocycles. The zero-order valence-electron chi connectivity index (χ0n) is 11.0. The van der Waals surface area contributed by atoms with Crippen molar-refractivity contribution < 1.29 is 10.2 Å². The molecule has 0 radical (unpaired) electrons. The summed E-state index contributed by atoms with van der Waals surface area (Å²) in [5, 5.41) is 19.6. The molecule has 0 heterocycles. The fraction of sp³-hybridized carbons (Fsp3) is 0.143. The Balaban J connectivity index is 2.49. The first-order valence-electron chi connectivity index (χ1n) is 6.09. The highest BCUT2D eigenvalue weighted by atomic mass is 35.5. The molecule has 22 heavy (non-hydrogen) atoms. The van der Waals surface area contributed by atoms with Gasteiger partial charge in [-0.3, -0.25) is 0 Å². The van der Waals surface area contributed by atoms with E-state index in [9.17, 15) is 10.2 Å². The highest BCUT2D eigenvalue weighted by Gasteiger charge is 2.26. The molecule has 0 aliphatic heterocycles. The maximum absolute atomic E-state index is 9.46. The molecule has 0 spiro atoms. The second-order valence-corrected chi connectivity index (χ2v) is 6.33. The van der Waals surface area contributed by atoms with Gasteiger partial charge in [-0.1, -0.05) is 46.4 Å². The average molecular weight is 382 g/mol. The minimum atomic E-state index is -0.819. The number of phenols is 2. The van der Waals surface area contributed by atoms with E-state index in [1.54, 1.807) is 0 Å². The average Bonchev–Trinajstić information content (AvgIpc) is 2.35. The Bertz CT molecular complexity index is 616. The predicted octanol–water partition coefficient (Wildman–Crippen LogP) is 4.41. The fourth-order valence-electron chi connectivity index (χ4n) is 2.14. The third kappa shape index (κ3) is 3.38. The Morgan fingerprint density at radius 1 is 0.636 bits per heavy atom. The topological polar surface area (TPSA) is 92.5 Å². The molecule has 0 fully saturated rings. The van der Waals surface area contributed by atoms with Crippen LogP contribution in [0.5, 0.6) is 11.5 Å². The van der Waals surface area contributed by atoms with Crippen LogP contribution in [0.15, 0.2) is 24.3 Å². The van der Waals surface area contributed by atoms with Crippen molar-refractivity contribution in [2.24, 2.45) is 11.5 Å². The molecular formula is C14H12Cl4N2O2. The monoisotopic (exact) mass is 380 g/mol. The van der Waals surface area contributed by atoms with Crippen molar-refractivity contribution >= 4 is 46.4 Å². The molecule has 8 heteroatoms. The lowest BCUT2D eigenvalue weighted by molar-refractivity contribution is 0.473. The Morgan fingerprint density at radius 2 is 0.864 bits per heavy atom. The van der Waals surface area contributed by atoms with Crippen molar-refractivity contribution in [1.29, 1.82) is 0 Å². The van der Waals surface area contributed by atoms with Crippen molar-refractivity contribution in [2.45, 2.75) is 12.1 Å². The van der Waals surface area contributed by atoms with Crippen LogP contribution in [-0.4, -0.2) is 10.2 Å². The Hall–Kier alpha value is -0.880. The van der Waals surface area contributed by atoms with Gasteiger partial charge in [-0.2, -0.15) is 0 Å². The summed E-state index contributed by atoms with van der Waals surface area (Å²) in [4.78, 5) is 0. The Kier molecular flexibility index (Phi) is 5.33. The van der Waals surface area contributed by atoms with Gasteiger partial charge < -0.3 is 21.7 Å². The van der Waals surface area contributed by atoms with Crippen molar-refractivity contribution in [2.75, 3.05) is 0 Å². The quantitative estimate of drug-likeness (QED) is 0.633. The van der Waals surface area contributed by atoms with Gasteiger partial charge in [0, 0.05) is 11.1 Å². The fourth-order valence-corrected chi connectivity index (χ4v) is 3.59. The molecule has 118 valence electrons. The summed E-state index contributed by atoms with van der Waals surface area (Å²) in [6, 6.07) is 3.62. The molecule has 2 atom stereocenters. The van der Waals surface area contributed by atoms with Crippen LogP contribution in [0.4, 0.5) is 0 Å². The van der Waals surface area contributed by atoms with Gasteiger partial charge in [-0.15, -0.1) is 0 Å². The van der Waals surface area contributed by atoms with Gasteiger partial charge in [0.2, 0.25) is 0 Å². The molecule has 0 amide bonds. The molecule has 0 aliphatic carbocycles. The lowest BCUT2D eigenvalue weighted by Gasteiger charge is -2.24. The molecule has 6 N–H and O–H groups in total. The van der Waals surface area contributed by atoms with Gasteiger partial charge in [-0.25, -0.2) is 0 Å². The molecule has 0 saturated carbocycles. The predicted molar refractivity (Wildman–Crippen MR) is 90.1 cm³/mol. The van der Waals surface area contributed by atoms with Crippen molar-refractivity contribution in [1.82, 2.24) is 0 Å². The Morgan fingerprint density at radius 3 is 1.09 bits per heavy atom. The van der Waals surface area contributed by atoms with Crippen LogP contribution in [0.2, 0.25) is 20.1 Å². The normalized spacial score (nSPS) is 13.9. The molecule has 0 bridgehead atoms. The van der Waals surface area contributed by atoms with Crippen LogP contribution in [0.25, 0.3) is 0 Å². The number of phenolic OH excluding ortho intramolecular Hbond substituents is 2. The van der Waals surface area contributed by atoms with Crippen LogP contribution in [0.3, 0.4) is 0 Å². The molecule has 2 aromatic rings. The summed E-state index contributed by atoms with van der Waals surface area (Å²) < 4.78 is 0. The molecule has 0 aliphatic rings. The summed E-state index contributed by atoms with van der Waals surface area (Å²) in [5.74, 6) is -0.166. The lowest BCUT2D eigenvalue weighted by Crippen LogP contribution is -2.27. The molecule has 2 rings (SSSR count). The summed E-state index contributed by atoms with van der Waals surface area (Å²) in [6.07, 6.45) is 0. The van der Waals surface area contributed by atoms with Gasteiger partial charge in [0.15, 0.2) is 0 Å². The van der Waals surface area contributed by atoms with E-state index >= 15 is 0 Å². The van der Waals surface area contributed by atoms with Gasteiger partial charge in [-0.05, 0) is 24.3 Å². The molecule has 2 aromatic carbocycles. The van der Waals surface area contributed by atoms with Crippen LogP contribution in [0, 0.1) is 0 Å². The number of benzene rings is 2. The van der Waals surface area contributed by atoms with Gasteiger partial charge in [0.05, 0.1) is 32.2 Å². The molecule has 0 aromatic heterocycles. The number of halogens is 4. The van der Waals surface area contributed by atoms with E-state index in [-0.39, 0.29) is 31.6 Å². The Labute approximate surface area is 147 Å². The minimum Gasteiger partial charge on any atom is -0.508 e. The first kappa shape index (κ1) is 17.5. The minimum absolute atomic E-state index is 0.0831. The highest BCUT2D eigenvalue weighted by Crippen LogP contribution is 2.41. The number of aromatic hydroxyl groups is 2. The van der Waals surface area contributed by atoms with Gasteiger partial charge >= 0.3 is 0 Å². The molecular weight excluding hydrogens is 370 g/mol. The van der Waals surface area contributed by atoms with Crippen molar-refractivity contribution in [3.8, 4) is 11.5 Å². The van der Waals surface area contributed by atoms with E-state index in [0.29, 0.717) is 11.1 Å². The molecule has 0 unspecified atom stereocenters. The third-order valence-electron chi connectivity index (χ3n) is 3.18. The van der Waals surface area contributed by atoms with E-state index in [2.05, 4.69) is 0 Å². The summed E-state index contributed by atoms with van der Waals surface area (Å²) in [7, 11) is 0. The summed E-state index contributed by atoms with van der Waals surface area (Å²) >= 11 is 24.3. The standard InChI is InChI=1S/C14H12Cl4N2O2/c15-7-1-5(21)2-8(16)11(7)13(19)14(20)12-9(17)3-6(22)4-10(12)18/h1-4,13-14,21-22H,19-20H2/t13-,14-/m1/s1. The van der Waals surface area contributed by atoms with Gasteiger partial charge in [0.25, 0.3) is 0 Å². The lowest BCUT2D eigenvalue weighted by atomic mass is 9.94. The first-order valence-corrected chi connectivity index (χ1v) is 7.60. The SMILES string of the molecule is N[C@H](c1c(Cl)cc(O)cc1Cl)[C@H](N)c1c(Cl)cc(O)cc1Cl. The van der Waals surface area contributed by atoms with E-state index in [0.717, 1.165) is 0 Å². The maximum atomic E-state index is 9.46. The number of hydrogen-bond acceptors (Lipinski definition) is 4. The van der Waals surface area contributed by atoms with E-state index in [1.807, 2.05) is 0 Å². The first-order chi connectivity index (χ1) is 10.2. The van der Waals surface area contributed by atoms with Crippen LogP contribution in [-0.2, 0) is 0 Å². The zero-order valence-corrected chi connectivity index (χ0v) is 14.0. The summed E-state index contributed by atoms with van der Waals surface area (Å²) in [5.41, 5.74) is 13.0. The highest BCUT2D eigenvalue weighted by molar-refractivity contribution is 6.37. The number of nitrogens with two attached hydrogens (primary N) is 2. The van der Waals surface area contributed by atoms with E-state index < -0.39 is 12.1 Å². The van der Waals surface area contributed by atoms with Crippen LogP contribution >= 0.6 is 46.4 Å². The van der Waals surface area contributed by atoms with E-state index in [1.165, 1.54) is 24.3 Å². The van der Waals surface area contributed by atoms with Crippen LogP contribution < -0.4 is 11.5 Å². The van der Waals surface area contributed by atoms with Crippen molar-refractivity contribution in [3.05, 3.63) is 55.5 Å².